The summed E-state index contributed by atoms with van der Waals surface area (Å²) >= 11 is 0. The molecule has 0 bridgehead atoms. The summed E-state index contributed by atoms with van der Waals surface area (Å²) in [7, 11) is 3.46. The predicted octanol–water partition coefficient (Wildman–Crippen LogP) is 1.44. The van der Waals surface area contributed by atoms with Crippen LogP contribution < -0.4 is 15.2 Å². The Morgan fingerprint density at radius 2 is 2.00 bits per heavy atom. The number of nitrogens with zero attached hydrogens (tertiary/aromatic N) is 1. The van der Waals surface area contributed by atoms with E-state index in [1.807, 2.05) is 25.1 Å². The normalized spacial score (nSPS) is 10.2. The molecular weight excluding hydrogens is 256 g/mol. The average molecular weight is 280 g/mol. The van der Waals surface area contributed by atoms with E-state index in [0.29, 0.717) is 37.7 Å². The molecule has 0 heterocycles. The van der Waals surface area contributed by atoms with Crippen molar-refractivity contribution in [2.75, 3.05) is 33.9 Å². The van der Waals surface area contributed by atoms with Crippen molar-refractivity contribution >= 4 is 5.91 Å². The Labute approximate surface area is 120 Å². The first-order valence-electron chi connectivity index (χ1n) is 6.87. The van der Waals surface area contributed by atoms with E-state index in [0.717, 1.165) is 12.0 Å². The molecule has 0 aliphatic rings. The fourth-order valence-corrected chi connectivity index (χ4v) is 1.73. The van der Waals surface area contributed by atoms with E-state index in [-0.39, 0.29) is 5.91 Å². The van der Waals surface area contributed by atoms with Crippen molar-refractivity contribution < 1.29 is 14.3 Å². The van der Waals surface area contributed by atoms with Crippen molar-refractivity contribution in [2.45, 2.75) is 19.8 Å². The number of rotatable bonds is 8. The molecule has 0 spiro atoms. The van der Waals surface area contributed by atoms with Crippen LogP contribution in [0.15, 0.2) is 18.2 Å². The molecule has 0 aromatic heterocycles. The van der Waals surface area contributed by atoms with Gasteiger partial charge in [0.2, 0.25) is 5.91 Å². The highest BCUT2D eigenvalue weighted by Crippen LogP contribution is 2.28. The molecule has 0 aliphatic carbocycles. The lowest BCUT2D eigenvalue weighted by Crippen LogP contribution is -2.23. The van der Waals surface area contributed by atoms with Crippen molar-refractivity contribution in [3.8, 4) is 11.5 Å². The monoisotopic (exact) mass is 280 g/mol. The first kappa shape index (κ1) is 16.3. The van der Waals surface area contributed by atoms with Crippen LogP contribution in [0, 0.1) is 0 Å². The molecule has 0 aliphatic heterocycles. The number of ether oxygens (including phenoxy) is 2. The smallest absolute Gasteiger partial charge is 0.225 e. The highest BCUT2D eigenvalue weighted by molar-refractivity contribution is 5.75. The molecule has 1 aromatic carbocycles. The van der Waals surface area contributed by atoms with Gasteiger partial charge >= 0.3 is 0 Å². The van der Waals surface area contributed by atoms with Gasteiger partial charge in [0, 0.05) is 14.1 Å². The summed E-state index contributed by atoms with van der Waals surface area (Å²) in [5.41, 5.74) is 6.67. The lowest BCUT2D eigenvalue weighted by molar-refractivity contribution is -0.129. The van der Waals surface area contributed by atoms with E-state index < -0.39 is 0 Å². The molecule has 0 atom stereocenters. The molecule has 5 nitrogen and oxygen atoms in total. The number of hydrogen-bond donors (Lipinski definition) is 1. The van der Waals surface area contributed by atoms with Crippen LogP contribution in [-0.2, 0) is 11.2 Å². The van der Waals surface area contributed by atoms with Gasteiger partial charge in [-0.15, -0.1) is 0 Å². The molecule has 0 fully saturated rings. The first-order chi connectivity index (χ1) is 9.58. The van der Waals surface area contributed by atoms with Gasteiger partial charge in [-0.05, 0) is 37.6 Å². The molecule has 20 heavy (non-hydrogen) atoms. The fourth-order valence-electron chi connectivity index (χ4n) is 1.73. The lowest BCUT2D eigenvalue weighted by Gasteiger charge is -2.14. The third-order valence-electron chi connectivity index (χ3n) is 2.81. The van der Waals surface area contributed by atoms with Crippen LogP contribution in [0.3, 0.4) is 0 Å². The van der Waals surface area contributed by atoms with Gasteiger partial charge in [0.25, 0.3) is 0 Å². The van der Waals surface area contributed by atoms with Gasteiger partial charge in [-0.25, -0.2) is 0 Å². The lowest BCUT2D eigenvalue weighted by atomic mass is 10.1. The number of benzene rings is 1. The zero-order chi connectivity index (χ0) is 15.0. The van der Waals surface area contributed by atoms with Crippen molar-refractivity contribution in [3.63, 3.8) is 0 Å². The van der Waals surface area contributed by atoms with E-state index in [1.165, 1.54) is 0 Å². The summed E-state index contributed by atoms with van der Waals surface area (Å²) in [6.07, 6.45) is 1.16. The third-order valence-corrected chi connectivity index (χ3v) is 2.81. The SMILES string of the molecule is CCOc1cc(CCN)ccc1OCCC(=O)N(C)C. The Kier molecular flexibility index (Phi) is 6.87. The summed E-state index contributed by atoms with van der Waals surface area (Å²) in [6, 6.07) is 5.79. The molecule has 0 unspecified atom stereocenters. The van der Waals surface area contributed by atoms with Crippen LogP contribution in [0.5, 0.6) is 11.5 Å². The van der Waals surface area contributed by atoms with Gasteiger partial charge in [-0.1, -0.05) is 6.07 Å². The van der Waals surface area contributed by atoms with E-state index >= 15 is 0 Å². The topological polar surface area (TPSA) is 64.8 Å². The van der Waals surface area contributed by atoms with Gasteiger partial charge in [0.1, 0.15) is 0 Å². The Morgan fingerprint density at radius 1 is 1.25 bits per heavy atom. The Hall–Kier alpha value is -1.75. The molecule has 1 rings (SSSR count). The molecule has 0 saturated carbocycles. The molecular formula is C15H24N2O3. The number of carbonyl (C=O) groups is 1. The van der Waals surface area contributed by atoms with Crippen LogP contribution in [0.2, 0.25) is 0 Å². The van der Waals surface area contributed by atoms with E-state index in [4.69, 9.17) is 15.2 Å². The second-order valence-corrected chi connectivity index (χ2v) is 4.64. The van der Waals surface area contributed by atoms with E-state index in [9.17, 15) is 4.79 Å². The van der Waals surface area contributed by atoms with Crippen molar-refractivity contribution in [1.29, 1.82) is 0 Å². The van der Waals surface area contributed by atoms with Gasteiger partial charge < -0.3 is 20.1 Å². The van der Waals surface area contributed by atoms with Crippen LogP contribution in [0.25, 0.3) is 0 Å². The summed E-state index contributed by atoms with van der Waals surface area (Å²) in [5, 5.41) is 0. The second kappa shape index (κ2) is 8.43. The van der Waals surface area contributed by atoms with Crippen LogP contribution >= 0.6 is 0 Å². The molecule has 1 amide bonds. The zero-order valence-corrected chi connectivity index (χ0v) is 12.5. The van der Waals surface area contributed by atoms with Gasteiger partial charge in [-0.2, -0.15) is 0 Å². The summed E-state index contributed by atoms with van der Waals surface area (Å²) in [4.78, 5) is 13.0. The molecule has 0 radical (unpaired) electrons. The molecule has 0 saturated heterocycles. The maximum Gasteiger partial charge on any atom is 0.225 e. The molecule has 1 aromatic rings. The van der Waals surface area contributed by atoms with Gasteiger partial charge in [0.15, 0.2) is 11.5 Å². The highest BCUT2D eigenvalue weighted by atomic mass is 16.5. The van der Waals surface area contributed by atoms with Crippen molar-refractivity contribution in [3.05, 3.63) is 23.8 Å². The van der Waals surface area contributed by atoms with Crippen molar-refractivity contribution in [1.82, 2.24) is 4.90 Å². The van der Waals surface area contributed by atoms with Gasteiger partial charge in [-0.3, -0.25) is 4.79 Å². The maximum atomic E-state index is 11.5. The highest BCUT2D eigenvalue weighted by Gasteiger charge is 2.08. The summed E-state index contributed by atoms with van der Waals surface area (Å²) in [5.74, 6) is 1.41. The first-order valence-corrected chi connectivity index (χ1v) is 6.87. The predicted molar refractivity (Wildman–Crippen MR) is 79.2 cm³/mol. The van der Waals surface area contributed by atoms with Crippen LogP contribution in [0.4, 0.5) is 0 Å². The van der Waals surface area contributed by atoms with Crippen LogP contribution in [0.1, 0.15) is 18.9 Å². The third kappa shape index (κ3) is 5.09. The molecule has 2 N–H and O–H groups in total. The van der Waals surface area contributed by atoms with Gasteiger partial charge in [0.05, 0.1) is 19.6 Å². The quantitative estimate of drug-likeness (QED) is 0.782. The number of amides is 1. The minimum absolute atomic E-state index is 0.0442. The fraction of sp³-hybridized carbons (Fsp3) is 0.533. The van der Waals surface area contributed by atoms with E-state index in [1.54, 1.807) is 19.0 Å². The number of carbonyl (C=O) groups excluding carboxylic acids is 1. The molecule has 5 heteroatoms. The van der Waals surface area contributed by atoms with E-state index in [2.05, 4.69) is 0 Å². The summed E-state index contributed by atoms with van der Waals surface area (Å²) in [6.45, 7) is 3.43. The van der Waals surface area contributed by atoms with Crippen molar-refractivity contribution in [2.24, 2.45) is 5.73 Å². The maximum absolute atomic E-state index is 11.5. The minimum atomic E-state index is 0.0442. The minimum Gasteiger partial charge on any atom is -0.490 e. The summed E-state index contributed by atoms with van der Waals surface area (Å²) < 4.78 is 11.2. The average Bonchev–Trinajstić information content (AvgIpc) is 2.41. The Bertz CT molecular complexity index is 433. The number of nitrogens with two attached hydrogens (primary N) is 1. The second-order valence-electron chi connectivity index (χ2n) is 4.64. The Morgan fingerprint density at radius 3 is 2.60 bits per heavy atom. The van der Waals surface area contributed by atoms with Crippen LogP contribution in [-0.4, -0.2) is 44.7 Å². The standard InChI is InChI=1S/C15H24N2O3/c1-4-19-14-11-12(7-9-16)5-6-13(14)20-10-8-15(18)17(2)3/h5-6,11H,4,7-10,16H2,1-3H3. The molecule has 112 valence electrons. The largest absolute Gasteiger partial charge is 0.490 e. The number of hydrogen-bond acceptors (Lipinski definition) is 4. The Balaban J connectivity index is 2.65. The zero-order valence-electron chi connectivity index (χ0n) is 12.5.